The highest BCUT2D eigenvalue weighted by Gasteiger charge is 2.42. The number of hydrogen-bond donors (Lipinski definition) is 1. The Morgan fingerprint density at radius 2 is 1.88 bits per heavy atom. The number of esters is 1. The zero-order valence-electron chi connectivity index (χ0n) is 11.7. The van der Waals surface area contributed by atoms with Gasteiger partial charge in [-0.05, 0) is 52.4 Å². The number of carbonyl (C=O) groups excluding carboxylic acids is 1. The first kappa shape index (κ1) is 14.5. The van der Waals surface area contributed by atoms with Gasteiger partial charge < -0.3 is 10.5 Å². The van der Waals surface area contributed by atoms with E-state index in [-0.39, 0.29) is 5.97 Å². The largest absolute Gasteiger partial charge is 0.460 e. The van der Waals surface area contributed by atoms with E-state index in [0.29, 0.717) is 6.54 Å². The Labute approximate surface area is 105 Å². The van der Waals surface area contributed by atoms with E-state index in [1.54, 1.807) is 0 Å². The Hall–Kier alpha value is -0.570. The molecule has 0 bridgehead atoms. The van der Waals surface area contributed by atoms with Crippen molar-refractivity contribution in [2.24, 2.45) is 17.1 Å². The van der Waals surface area contributed by atoms with Gasteiger partial charge in [0, 0.05) is 6.54 Å². The molecule has 1 aliphatic rings. The highest BCUT2D eigenvalue weighted by Crippen LogP contribution is 2.41. The van der Waals surface area contributed by atoms with Crippen LogP contribution in [-0.4, -0.2) is 18.1 Å². The summed E-state index contributed by atoms with van der Waals surface area (Å²) in [5, 5.41) is 0. The fourth-order valence-corrected chi connectivity index (χ4v) is 2.52. The first-order valence-electron chi connectivity index (χ1n) is 6.76. The molecule has 0 aromatic heterocycles. The minimum Gasteiger partial charge on any atom is -0.460 e. The molecule has 1 fully saturated rings. The third kappa shape index (κ3) is 3.70. The maximum Gasteiger partial charge on any atom is 0.313 e. The lowest BCUT2D eigenvalue weighted by Crippen LogP contribution is -2.45. The second-order valence-corrected chi connectivity index (χ2v) is 6.34. The molecule has 2 N–H and O–H groups in total. The van der Waals surface area contributed by atoms with E-state index in [1.165, 1.54) is 6.42 Å². The summed E-state index contributed by atoms with van der Waals surface area (Å²) in [6, 6.07) is 0. The summed E-state index contributed by atoms with van der Waals surface area (Å²) in [4.78, 5) is 12.3. The van der Waals surface area contributed by atoms with Crippen molar-refractivity contribution >= 4 is 5.97 Å². The SMILES string of the molecule is CCC1CCC(CN)(C(=O)OC(C)(C)C)CC1. The molecule has 17 heavy (non-hydrogen) atoms. The molecule has 1 aliphatic carbocycles. The molecular weight excluding hydrogens is 214 g/mol. The van der Waals surface area contributed by atoms with Crippen LogP contribution >= 0.6 is 0 Å². The summed E-state index contributed by atoms with van der Waals surface area (Å²) < 4.78 is 5.52. The number of rotatable bonds is 3. The monoisotopic (exact) mass is 241 g/mol. The highest BCUT2D eigenvalue weighted by molar-refractivity contribution is 5.77. The maximum atomic E-state index is 12.3. The van der Waals surface area contributed by atoms with E-state index >= 15 is 0 Å². The van der Waals surface area contributed by atoms with Crippen LogP contribution in [0.3, 0.4) is 0 Å². The fraction of sp³-hybridized carbons (Fsp3) is 0.929. The van der Waals surface area contributed by atoms with Gasteiger partial charge in [0.05, 0.1) is 5.41 Å². The van der Waals surface area contributed by atoms with Gasteiger partial charge in [-0.15, -0.1) is 0 Å². The summed E-state index contributed by atoms with van der Waals surface area (Å²) in [6.45, 7) is 8.36. The molecule has 0 heterocycles. The van der Waals surface area contributed by atoms with E-state index in [4.69, 9.17) is 10.5 Å². The van der Waals surface area contributed by atoms with Crippen molar-refractivity contribution in [3.8, 4) is 0 Å². The molecular formula is C14H27NO2. The molecule has 0 radical (unpaired) electrons. The molecule has 100 valence electrons. The molecule has 3 nitrogen and oxygen atoms in total. The maximum absolute atomic E-state index is 12.3. The van der Waals surface area contributed by atoms with E-state index in [9.17, 15) is 4.79 Å². The summed E-state index contributed by atoms with van der Waals surface area (Å²) in [7, 11) is 0. The molecule has 1 saturated carbocycles. The van der Waals surface area contributed by atoms with Crippen molar-refractivity contribution in [3.05, 3.63) is 0 Å². The topological polar surface area (TPSA) is 52.3 Å². The van der Waals surface area contributed by atoms with E-state index in [2.05, 4.69) is 6.92 Å². The van der Waals surface area contributed by atoms with E-state index in [0.717, 1.165) is 31.6 Å². The van der Waals surface area contributed by atoms with Crippen molar-refractivity contribution in [3.63, 3.8) is 0 Å². The van der Waals surface area contributed by atoms with Gasteiger partial charge in [0.25, 0.3) is 0 Å². The number of nitrogens with two attached hydrogens (primary N) is 1. The standard InChI is InChI=1S/C14H27NO2/c1-5-11-6-8-14(10-15,9-7-11)12(16)17-13(2,3)4/h11H,5-10,15H2,1-4H3. The fourth-order valence-electron chi connectivity index (χ4n) is 2.52. The molecule has 0 aromatic carbocycles. The predicted octanol–water partition coefficient (Wildman–Crippen LogP) is 2.87. The second-order valence-electron chi connectivity index (χ2n) is 6.34. The van der Waals surface area contributed by atoms with Gasteiger partial charge in [-0.25, -0.2) is 0 Å². The highest BCUT2D eigenvalue weighted by atomic mass is 16.6. The molecule has 0 amide bonds. The first-order chi connectivity index (χ1) is 7.83. The summed E-state index contributed by atoms with van der Waals surface area (Å²) in [6.07, 6.45) is 5.18. The molecule has 1 rings (SSSR count). The van der Waals surface area contributed by atoms with E-state index in [1.807, 2.05) is 20.8 Å². The summed E-state index contributed by atoms with van der Waals surface area (Å²) >= 11 is 0. The molecule has 0 spiro atoms. The van der Waals surface area contributed by atoms with Crippen LogP contribution in [0.2, 0.25) is 0 Å². The van der Waals surface area contributed by atoms with Crippen molar-refractivity contribution < 1.29 is 9.53 Å². The Kier molecular flexibility index (Phi) is 4.59. The molecule has 0 aromatic rings. The quantitative estimate of drug-likeness (QED) is 0.773. The van der Waals surface area contributed by atoms with Gasteiger partial charge in [0.1, 0.15) is 5.60 Å². The van der Waals surface area contributed by atoms with Gasteiger partial charge in [-0.3, -0.25) is 4.79 Å². The zero-order chi connectivity index (χ0) is 13.1. The Morgan fingerprint density at radius 1 is 1.35 bits per heavy atom. The van der Waals surface area contributed by atoms with Crippen LogP contribution in [0.15, 0.2) is 0 Å². The van der Waals surface area contributed by atoms with Gasteiger partial charge in [-0.1, -0.05) is 13.3 Å². The van der Waals surface area contributed by atoms with Crippen molar-refractivity contribution in [2.75, 3.05) is 6.54 Å². The van der Waals surface area contributed by atoms with Gasteiger partial charge in [0.2, 0.25) is 0 Å². The summed E-state index contributed by atoms with van der Waals surface area (Å²) in [5.41, 5.74) is 5.01. The van der Waals surface area contributed by atoms with Crippen LogP contribution in [0.25, 0.3) is 0 Å². The van der Waals surface area contributed by atoms with Crippen LogP contribution in [0.4, 0.5) is 0 Å². The average Bonchev–Trinajstić information content (AvgIpc) is 2.27. The normalized spacial score (nSPS) is 30.1. The number of hydrogen-bond acceptors (Lipinski definition) is 3. The summed E-state index contributed by atoms with van der Waals surface area (Å²) in [5.74, 6) is 0.666. The van der Waals surface area contributed by atoms with Crippen molar-refractivity contribution in [1.29, 1.82) is 0 Å². The Morgan fingerprint density at radius 3 is 2.24 bits per heavy atom. The molecule has 0 aliphatic heterocycles. The van der Waals surface area contributed by atoms with Gasteiger partial charge in [0.15, 0.2) is 0 Å². The lowest BCUT2D eigenvalue weighted by atomic mass is 9.70. The number of ether oxygens (including phenoxy) is 1. The zero-order valence-corrected chi connectivity index (χ0v) is 11.7. The minimum absolute atomic E-state index is 0.0953. The Bertz CT molecular complexity index is 260. The first-order valence-corrected chi connectivity index (χ1v) is 6.76. The minimum atomic E-state index is -0.418. The smallest absolute Gasteiger partial charge is 0.313 e. The third-order valence-electron chi connectivity index (χ3n) is 3.86. The Balaban J connectivity index is 2.67. The molecule has 0 atom stereocenters. The van der Waals surface area contributed by atoms with E-state index < -0.39 is 11.0 Å². The lowest BCUT2D eigenvalue weighted by Gasteiger charge is -2.38. The van der Waals surface area contributed by atoms with Crippen LogP contribution in [0.5, 0.6) is 0 Å². The molecule has 3 heteroatoms. The average molecular weight is 241 g/mol. The molecule has 0 unspecified atom stereocenters. The van der Waals surface area contributed by atoms with Crippen molar-refractivity contribution in [1.82, 2.24) is 0 Å². The van der Waals surface area contributed by atoms with Crippen molar-refractivity contribution in [2.45, 2.75) is 65.4 Å². The number of carbonyl (C=O) groups is 1. The third-order valence-corrected chi connectivity index (χ3v) is 3.86. The van der Waals surface area contributed by atoms with Crippen LogP contribution < -0.4 is 5.73 Å². The van der Waals surface area contributed by atoms with Gasteiger partial charge >= 0.3 is 5.97 Å². The lowest BCUT2D eigenvalue weighted by molar-refractivity contribution is -0.169. The van der Waals surface area contributed by atoms with Crippen LogP contribution in [0, 0.1) is 11.3 Å². The molecule has 0 saturated heterocycles. The van der Waals surface area contributed by atoms with Crippen LogP contribution in [0.1, 0.15) is 59.8 Å². The van der Waals surface area contributed by atoms with Crippen LogP contribution in [-0.2, 0) is 9.53 Å². The predicted molar refractivity (Wildman–Crippen MR) is 69.6 cm³/mol. The van der Waals surface area contributed by atoms with Gasteiger partial charge in [-0.2, -0.15) is 0 Å². The second kappa shape index (κ2) is 5.38.